The Labute approximate surface area is 183 Å². The van der Waals surface area contributed by atoms with Gasteiger partial charge in [0.25, 0.3) is 5.91 Å². The normalized spacial score (nSPS) is 13.7. The van der Waals surface area contributed by atoms with Crippen molar-refractivity contribution in [1.29, 1.82) is 0 Å². The predicted molar refractivity (Wildman–Crippen MR) is 124 cm³/mol. The van der Waals surface area contributed by atoms with Gasteiger partial charge in [-0.2, -0.15) is 0 Å². The zero-order valence-corrected chi connectivity index (χ0v) is 18.1. The Morgan fingerprint density at radius 1 is 0.968 bits per heavy atom. The number of aromatic nitrogens is 2. The van der Waals surface area contributed by atoms with Crippen molar-refractivity contribution in [2.75, 3.05) is 29.9 Å². The quantitative estimate of drug-likeness (QED) is 0.627. The molecule has 6 heteroatoms. The number of carbonyl (C=O) groups excluding carboxylic acids is 1. The fourth-order valence-electron chi connectivity index (χ4n) is 3.72. The van der Waals surface area contributed by atoms with Crippen LogP contribution in [0.15, 0.2) is 54.6 Å². The minimum atomic E-state index is -0.195. The number of carbonyl (C=O) groups is 1. The standard InChI is InChI=1S/C25H28N4O2/c1-18-7-6-8-23(19(18)2)31-17-25(30)26-21-11-9-20(10-12-21)22-13-14-24(28-27-22)29-15-4-3-5-16-29/h6-14H,3-5,15-17H2,1-2H3,(H,26,30). The molecule has 0 atom stereocenters. The van der Waals surface area contributed by atoms with E-state index in [1.807, 2.05) is 68.4 Å². The lowest BCUT2D eigenvalue weighted by atomic mass is 10.1. The van der Waals surface area contributed by atoms with Crippen LogP contribution >= 0.6 is 0 Å². The molecule has 2 heterocycles. The number of rotatable bonds is 6. The van der Waals surface area contributed by atoms with E-state index in [0.29, 0.717) is 0 Å². The number of ether oxygens (including phenoxy) is 1. The van der Waals surface area contributed by atoms with Crippen LogP contribution in [0.5, 0.6) is 5.75 Å². The van der Waals surface area contributed by atoms with Crippen molar-refractivity contribution in [3.05, 3.63) is 65.7 Å². The monoisotopic (exact) mass is 416 g/mol. The molecule has 3 aromatic rings. The molecule has 6 nitrogen and oxygen atoms in total. The van der Waals surface area contributed by atoms with Gasteiger partial charge in [-0.1, -0.05) is 24.3 Å². The molecule has 0 unspecified atom stereocenters. The fraction of sp³-hybridized carbons (Fsp3) is 0.320. The van der Waals surface area contributed by atoms with Gasteiger partial charge in [-0.3, -0.25) is 4.79 Å². The fourth-order valence-corrected chi connectivity index (χ4v) is 3.72. The lowest BCUT2D eigenvalue weighted by Gasteiger charge is -2.27. The van der Waals surface area contributed by atoms with E-state index >= 15 is 0 Å². The largest absolute Gasteiger partial charge is 0.483 e. The number of nitrogens with zero attached hydrogens (tertiary/aromatic N) is 3. The number of piperidine rings is 1. The summed E-state index contributed by atoms with van der Waals surface area (Å²) >= 11 is 0. The molecule has 1 aliphatic rings. The van der Waals surface area contributed by atoms with Gasteiger partial charge < -0.3 is 15.0 Å². The number of hydrogen-bond donors (Lipinski definition) is 1. The molecule has 1 N–H and O–H groups in total. The molecular weight excluding hydrogens is 388 g/mol. The highest BCUT2D eigenvalue weighted by atomic mass is 16.5. The van der Waals surface area contributed by atoms with Crippen LogP contribution in [0.1, 0.15) is 30.4 Å². The highest BCUT2D eigenvalue weighted by molar-refractivity contribution is 5.92. The van der Waals surface area contributed by atoms with Gasteiger partial charge in [0, 0.05) is 24.3 Å². The van der Waals surface area contributed by atoms with Crippen LogP contribution in [-0.4, -0.2) is 35.8 Å². The Balaban J connectivity index is 1.33. The van der Waals surface area contributed by atoms with Gasteiger partial charge in [0.1, 0.15) is 5.75 Å². The first-order valence-electron chi connectivity index (χ1n) is 10.8. The van der Waals surface area contributed by atoms with Crippen molar-refractivity contribution >= 4 is 17.4 Å². The second-order valence-electron chi connectivity index (χ2n) is 7.94. The van der Waals surface area contributed by atoms with Gasteiger partial charge in [-0.15, -0.1) is 10.2 Å². The van der Waals surface area contributed by atoms with Crippen molar-refractivity contribution in [3.63, 3.8) is 0 Å². The minimum absolute atomic E-state index is 0.0323. The van der Waals surface area contributed by atoms with Crippen LogP contribution in [0.3, 0.4) is 0 Å². The van der Waals surface area contributed by atoms with Gasteiger partial charge in [-0.25, -0.2) is 0 Å². The average molecular weight is 417 g/mol. The van der Waals surface area contributed by atoms with Gasteiger partial charge in [0.05, 0.1) is 5.69 Å². The van der Waals surface area contributed by atoms with E-state index in [1.54, 1.807) is 0 Å². The molecule has 160 valence electrons. The summed E-state index contributed by atoms with van der Waals surface area (Å²) in [6, 6.07) is 17.5. The molecule has 1 fully saturated rings. The van der Waals surface area contributed by atoms with Gasteiger partial charge in [0.2, 0.25) is 0 Å². The summed E-state index contributed by atoms with van der Waals surface area (Å²) in [6.45, 7) is 6.08. The summed E-state index contributed by atoms with van der Waals surface area (Å²) in [5, 5.41) is 11.7. The number of hydrogen-bond acceptors (Lipinski definition) is 5. The Kier molecular flexibility index (Phi) is 6.46. The van der Waals surface area contributed by atoms with E-state index < -0.39 is 0 Å². The molecule has 0 saturated carbocycles. The first kappa shape index (κ1) is 20.8. The summed E-state index contributed by atoms with van der Waals surface area (Å²) < 4.78 is 5.67. The first-order chi connectivity index (χ1) is 15.1. The molecule has 1 amide bonds. The van der Waals surface area contributed by atoms with Crippen molar-refractivity contribution in [1.82, 2.24) is 10.2 Å². The van der Waals surface area contributed by atoms with Gasteiger partial charge >= 0.3 is 0 Å². The molecule has 0 aliphatic carbocycles. The van der Waals surface area contributed by atoms with Crippen molar-refractivity contribution < 1.29 is 9.53 Å². The Hall–Kier alpha value is -3.41. The second kappa shape index (κ2) is 9.60. The second-order valence-corrected chi connectivity index (χ2v) is 7.94. The van der Waals surface area contributed by atoms with E-state index in [-0.39, 0.29) is 12.5 Å². The number of benzene rings is 2. The van der Waals surface area contributed by atoms with E-state index in [9.17, 15) is 4.79 Å². The molecule has 1 aromatic heterocycles. The molecule has 2 aromatic carbocycles. The van der Waals surface area contributed by atoms with Crippen LogP contribution < -0.4 is 15.0 Å². The molecule has 0 spiro atoms. The maximum absolute atomic E-state index is 12.3. The SMILES string of the molecule is Cc1cccc(OCC(=O)Nc2ccc(-c3ccc(N4CCCCC4)nn3)cc2)c1C. The molecule has 0 bridgehead atoms. The number of aryl methyl sites for hydroxylation is 1. The molecule has 1 saturated heterocycles. The van der Waals surface area contributed by atoms with Gasteiger partial charge in [-0.05, 0) is 74.6 Å². The van der Waals surface area contributed by atoms with Crippen molar-refractivity contribution in [3.8, 4) is 17.0 Å². The predicted octanol–water partition coefficient (Wildman–Crippen LogP) is 4.77. The van der Waals surface area contributed by atoms with Crippen LogP contribution in [0.25, 0.3) is 11.3 Å². The van der Waals surface area contributed by atoms with Crippen molar-refractivity contribution in [2.45, 2.75) is 33.1 Å². The third-order valence-electron chi connectivity index (χ3n) is 5.71. The Morgan fingerprint density at radius 3 is 2.45 bits per heavy atom. The molecule has 1 aliphatic heterocycles. The van der Waals surface area contributed by atoms with E-state index in [1.165, 1.54) is 19.3 Å². The van der Waals surface area contributed by atoms with Crippen LogP contribution in [-0.2, 0) is 4.79 Å². The maximum atomic E-state index is 12.3. The summed E-state index contributed by atoms with van der Waals surface area (Å²) in [5.74, 6) is 1.48. The third kappa shape index (κ3) is 5.20. The number of nitrogens with one attached hydrogen (secondary N) is 1. The number of amides is 1. The summed E-state index contributed by atoms with van der Waals surface area (Å²) in [5.41, 5.74) is 4.68. The Bertz CT molecular complexity index is 1030. The maximum Gasteiger partial charge on any atom is 0.262 e. The molecule has 0 radical (unpaired) electrons. The topological polar surface area (TPSA) is 67.3 Å². The highest BCUT2D eigenvalue weighted by Gasteiger charge is 2.13. The van der Waals surface area contributed by atoms with E-state index in [0.717, 1.165) is 52.7 Å². The summed E-state index contributed by atoms with van der Waals surface area (Å²) in [7, 11) is 0. The number of anilines is 2. The minimum Gasteiger partial charge on any atom is -0.483 e. The molecule has 4 rings (SSSR count). The first-order valence-corrected chi connectivity index (χ1v) is 10.8. The highest BCUT2D eigenvalue weighted by Crippen LogP contribution is 2.23. The van der Waals surface area contributed by atoms with Crippen LogP contribution in [0.4, 0.5) is 11.5 Å². The molecule has 31 heavy (non-hydrogen) atoms. The van der Waals surface area contributed by atoms with Crippen LogP contribution in [0, 0.1) is 13.8 Å². The summed E-state index contributed by atoms with van der Waals surface area (Å²) in [4.78, 5) is 14.6. The average Bonchev–Trinajstić information content (AvgIpc) is 2.81. The van der Waals surface area contributed by atoms with Gasteiger partial charge in [0.15, 0.2) is 12.4 Å². The zero-order valence-electron chi connectivity index (χ0n) is 18.1. The summed E-state index contributed by atoms with van der Waals surface area (Å²) in [6.07, 6.45) is 3.72. The van der Waals surface area contributed by atoms with E-state index in [4.69, 9.17) is 4.74 Å². The lowest BCUT2D eigenvalue weighted by Crippen LogP contribution is -2.30. The third-order valence-corrected chi connectivity index (χ3v) is 5.71. The zero-order chi connectivity index (χ0) is 21.6. The van der Waals surface area contributed by atoms with E-state index in [2.05, 4.69) is 20.4 Å². The smallest absolute Gasteiger partial charge is 0.262 e. The van der Waals surface area contributed by atoms with Crippen molar-refractivity contribution in [2.24, 2.45) is 0 Å². The lowest BCUT2D eigenvalue weighted by molar-refractivity contribution is -0.118. The molecular formula is C25H28N4O2. The Morgan fingerprint density at radius 2 is 1.74 bits per heavy atom. The van der Waals surface area contributed by atoms with Crippen LogP contribution in [0.2, 0.25) is 0 Å².